The van der Waals surface area contributed by atoms with Crippen LogP contribution in [0.15, 0.2) is 30.5 Å². The van der Waals surface area contributed by atoms with E-state index in [1.54, 1.807) is 0 Å². The number of aromatic nitrogens is 2. The summed E-state index contributed by atoms with van der Waals surface area (Å²) in [7, 11) is 0. The van der Waals surface area contributed by atoms with E-state index in [-0.39, 0.29) is 17.8 Å². The number of ether oxygens (including phenoxy) is 1. The maximum atomic E-state index is 13.1. The second kappa shape index (κ2) is 9.37. The van der Waals surface area contributed by atoms with Crippen LogP contribution in [-0.4, -0.2) is 39.7 Å². The van der Waals surface area contributed by atoms with Crippen molar-refractivity contribution >= 4 is 5.78 Å². The predicted octanol–water partition coefficient (Wildman–Crippen LogP) is 4.48. The molecule has 2 aromatic rings. The van der Waals surface area contributed by atoms with Gasteiger partial charge in [0.15, 0.2) is 5.78 Å². The van der Waals surface area contributed by atoms with E-state index in [0.717, 1.165) is 56.8 Å². The van der Waals surface area contributed by atoms with Crippen molar-refractivity contribution in [2.75, 3.05) is 13.1 Å². The Bertz CT molecular complexity index is 797. The van der Waals surface area contributed by atoms with E-state index in [9.17, 15) is 4.79 Å². The molecule has 0 aliphatic carbocycles. The van der Waals surface area contributed by atoms with E-state index in [2.05, 4.69) is 28.5 Å². The van der Waals surface area contributed by atoms with Gasteiger partial charge in [0.25, 0.3) is 0 Å². The number of carbonyl (C=O) groups is 1. The van der Waals surface area contributed by atoms with Gasteiger partial charge in [-0.3, -0.25) is 14.4 Å². The molecule has 5 nitrogen and oxygen atoms in total. The van der Waals surface area contributed by atoms with Crippen molar-refractivity contribution in [1.82, 2.24) is 14.7 Å². The minimum absolute atomic E-state index is 0.0500. The number of nitrogens with zero attached hydrogens (tertiary/aromatic N) is 3. The highest BCUT2D eigenvalue weighted by Gasteiger charge is 2.27. The Labute approximate surface area is 168 Å². The van der Waals surface area contributed by atoms with Gasteiger partial charge >= 0.3 is 0 Å². The highest BCUT2D eigenvalue weighted by Crippen LogP contribution is 2.25. The molecule has 1 aromatic heterocycles. The average Bonchev–Trinajstić information content (AvgIpc) is 3.01. The highest BCUT2D eigenvalue weighted by atomic mass is 16.5. The first-order valence-electron chi connectivity index (χ1n) is 10.5. The van der Waals surface area contributed by atoms with Gasteiger partial charge < -0.3 is 4.74 Å². The Balaban J connectivity index is 1.65. The summed E-state index contributed by atoms with van der Waals surface area (Å²) in [6.07, 6.45) is 5.19. The van der Waals surface area contributed by atoms with E-state index in [1.807, 2.05) is 44.3 Å². The summed E-state index contributed by atoms with van der Waals surface area (Å²) >= 11 is 0. The smallest absolute Gasteiger partial charge is 0.167 e. The number of piperidine rings is 1. The fraction of sp³-hybridized carbons (Fsp3) is 0.565. The van der Waals surface area contributed by atoms with Gasteiger partial charge in [-0.15, -0.1) is 0 Å². The van der Waals surface area contributed by atoms with Crippen molar-refractivity contribution in [2.24, 2.45) is 5.92 Å². The zero-order valence-corrected chi connectivity index (χ0v) is 17.6. The molecule has 0 radical (unpaired) electrons. The fourth-order valence-electron chi connectivity index (χ4n) is 3.96. The van der Waals surface area contributed by atoms with Crippen LogP contribution in [0.1, 0.15) is 61.6 Å². The lowest BCUT2D eigenvalue weighted by atomic mass is 9.89. The van der Waals surface area contributed by atoms with Gasteiger partial charge in [-0.25, -0.2) is 0 Å². The third-order valence-corrected chi connectivity index (χ3v) is 5.40. The SMILES string of the molecule is CCCn1ncc(CN2CCC[C@@H](C(=O)c3cccc(OC(C)C)c3)C2)c1C. The summed E-state index contributed by atoms with van der Waals surface area (Å²) in [6.45, 7) is 12.0. The monoisotopic (exact) mass is 383 g/mol. The quantitative estimate of drug-likeness (QED) is 0.631. The van der Waals surface area contributed by atoms with Crippen LogP contribution in [0.2, 0.25) is 0 Å². The van der Waals surface area contributed by atoms with E-state index in [0.29, 0.717) is 0 Å². The summed E-state index contributed by atoms with van der Waals surface area (Å²) < 4.78 is 7.84. The predicted molar refractivity (Wildman–Crippen MR) is 112 cm³/mol. The number of Topliss-reactive ketones (excluding diaryl/α,β-unsaturated/α-hetero) is 1. The zero-order chi connectivity index (χ0) is 20.1. The highest BCUT2D eigenvalue weighted by molar-refractivity contribution is 5.98. The third-order valence-electron chi connectivity index (χ3n) is 5.40. The van der Waals surface area contributed by atoms with Crippen molar-refractivity contribution in [3.05, 3.63) is 47.3 Å². The molecule has 0 amide bonds. The Kier molecular flexibility index (Phi) is 6.89. The molecular formula is C23H33N3O2. The molecule has 1 aromatic carbocycles. The lowest BCUT2D eigenvalue weighted by Crippen LogP contribution is -2.38. The van der Waals surface area contributed by atoms with Gasteiger partial charge in [-0.2, -0.15) is 5.10 Å². The van der Waals surface area contributed by atoms with Crippen LogP contribution in [0, 0.1) is 12.8 Å². The molecule has 1 aliphatic heterocycles. The number of likely N-dealkylation sites (tertiary alicyclic amines) is 1. The van der Waals surface area contributed by atoms with E-state index in [4.69, 9.17) is 4.74 Å². The summed E-state index contributed by atoms with van der Waals surface area (Å²) in [5.74, 6) is 1.05. The first-order valence-corrected chi connectivity index (χ1v) is 10.5. The largest absolute Gasteiger partial charge is 0.491 e. The zero-order valence-electron chi connectivity index (χ0n) is 17.6. The Morgan fingerprint density at radius 2 is 2.18 bits per heavy atom. The minimum Gasteiger partial charge on any atom is -0.491 e. The average molecular weight is 384 g/mol. The molecule has 0 unspecified atom stereocenters. The topological polar surface area (TPSA) is 47.4 Å². The molecule has 3 rings (SSSR count). The molecule has 28 heavy (non-hydrogen) atoms. The lowest BCUT2D eigenvalue weighted by molar-refractivity contribution is 0.0810. The van der Waals surface area contributed by atoms with Gasteiger partial charge in [0.1, 0.15) is 5.75 Å². The summed E-state index contributed by atoms with van der Waals surface area (Å²) in [5, 5.41) is 4.52. The number of benzene rings is 1. The van der Waals surface area contributed by atoms with Crippen LogP contribution in [0.3, 0.4) is 0 Å². The number of hydrogen-bond donors (Lipinski definition) is 0. The molecule has 0 saturated carbocycles. The molecule has 2 heterocycles. The maximum absolute atomic E-state index is 13.1. The molecule has 1 atom stereocenters. The van der Waals surface area contributed by atoms with Gasteiger partial charge in [0.2, 0.25) is 0 Å². The van der Waals surface area contributed by atoms with Crippen molar-refractivity contribution < 1.29 is 9.53 Å². The van der Waals surface area contributed by atoms with Crippen LogP contribution in [0.25, 0.3) is 0 Å². The molecule has 1 saturated heterocycles. The summed E-state index contributed by atoms with van der Waals surface area (Å²) in [6, 6.07) is 7.63. The van der Waals surface area contributed by atoms with E-state index >= 15 is 0 Å². The molecule has 152 valence electrons. The van der Waals surface area contributed by atoms with Gasteiger partial charge in [0, 0.05) is 42.4 Å². The van der Waals surface area contributed by atoms with Crippen molar-refractivity contribution in [3.8, 4) is 5.75 Å². The number of aryl methyl sites for hydroxylation is 1. The third kappa shape index (κ3) is 5.02. The molecule has 1 fully saturated rings. The van der Waals surface area contributed by atoms with Crippen LogP contribution in [-0.2, 0) is 13.1 Å². The minimum atomic E-state index is 0.0500. The van der Waals surface area contributed by atoms with Gasteiger partial charge in [-0.1, -0.05) is 19.1 Å². The summed E-state index contributed by atoms with van der Waals surface area (Å²) in [5.41, 5.74) is 3.28. The summed E-state index contributed by atoms with van der Waals surface area (Å²) in [4.78, 5) is 15.5. The molecule has 0 spiro atoms. The molecular weight excluding hydrogens is 350 g/mol. The fourth-order valence-corrected chi connectivity index (χ4v) is 3.96. The standard InChI is InChI=1S/C23H33N3O2/c1-5-11-26-18(4)21(14-24-26)16-25-12-7-9-20(15-25)23(27)19-8-6-10-22(13-19)28-17(2)3/h6,8,10,13-14,17,20H,5,7,9,11-12,15-16H2,1-4H3/t20-/m1/s1. The van der Waals surface area contributed by atoms with Crippen molar-refractivity contribution in [3.63, 3.8) is 0 Å². The number of carbonyl (C=O) groups excluding carboxylic acids is 1. The molecule has 0 bridgehead atoms. The van der Waals surface area contributed by atoms with E-state index in [1.165, 1.54) is 11.3 Å². The number of hydrogen-bond acceptors (Lipinski definition) is 4. The van der Waals surface area contributed by atoms with E-state index < -0.39 is 0 Å². The second-order valence-electron chi connectivity index (χ2n) is 8.11. The first-order chi connectivity index (χ1) is 13.5. The number of rotatable bonds is 8. The maximum Gasteiger partial charge on any atom is 0.167 e. The lowest BCUT2D eigenvalue weighted by Gasteiger charge is -2.32. The molecule has 0 N–H and O–H groups in total. The van der Waals surface area contributed by atoms with Crippen LogP contribution in [0.4, 0.5) is 0 Å². The molecule has 1 aliphatic rings. The van der Waals surface area contributed by atoms with Crippen molar-refractivity contribution in [1.29, 1.82) is 0 Å². The van der Waals surface area contributed by atoms with Gasteiger partial charge in [0.05, 0.1) is 12.3 Å². The van der Waals surface area contributed by atoms with Crippen LogP contribution >= 0.6 is 0 Å². The van der Waals surface area contributed by atoms with Crippen LogP contribution in [0.5, 0.6) is 5.75 Å². The second-order valence-corrected chi connectivity index (χ2v) is 8.11. The van der Waals surface area contributed by atoms with Gasteiger partial charge in [-0.05, 0) is 58.7 Å². The Hall–Kier alpha value is -2.14. The molecule has 5 heteroatoms. The Morgan fingerprint density at radius 3 is 2.93 bits per heavy atom. The normalized spacial score (nSPS) is 17.8. The van der Waals surface area contributed by atoms with Crippen LogP contribution < -0.4 is 4.74 Å². The Morgan fingerprint density at radius 1 is 1.36 bits per heavy atom. The first kappa shape index (κ1) is 20.6. The number of ketones is 1. The van der Waals surface area contributed by atoms with Crippen molar-refractivity contribution in [2.45, 2.75) is 66.2 Å².